The molecular weight excluding hydrogens is 230 g/mol. The summed E-state index contributed by atoms with van der Waals surface area (Å²) in [7, 11) is 0. The van der Waals surface area contributed by atoms with Crippen LogP contribution in [0.1, 0.15) is 50.7 Å². The molecule has 1 aromatic carbocycles. The standard InChI is InChI=1S/C18H27N/c1-14(2)10-19-13-18(11-17(12-18)7-8-17)16-6-4-5-15(3)9-16/h4-6,9,14,19H,7-8,10-13H2,1-3H3. The van der Waals surface area contributed by atoms with E-state index in [0.29, 0.717) is 5.41 Å². The van der Waals surface area contributed by atoms with Crippen molar-refractivity contribution in [2.45, 2.75) is 51.9 Å². The summed E-state index contributed by atoms with van der Waals surface area (Å²) in [4.78, 5) is 0. The molecule has 2 saturated carbocycles. The Bertz CT molecular complexity index is 449. The van der Waals surface area contributed by atoms with Crippen molar-refractivity contribution >= 4 is 0 Å². The Labute approximate surface area is 117 Å². The molecule has 0 heterocycles. The second-order valence-electron chi connectivity index (χ2n) is 7.53. The second-order valence-corrected chi connectivity index (χ2v) is 7.53. The van der Waals surface area contributed by atoms with Crippen molar-refractivity contribution in [3.8, 4) is 0 Å². The molecule has 0 amide bonds. The molecule has 19 heavy (non-hydrogen) atoms. The molecule has 0 aliphatic heterocycles. The van der Waals surface area contributed by atoms with Gasteiger partial charge in [0.25, 0.3) is 0 Å². The summed E-state index contributed by atoms with van der Waals surface area (Å²) in [6.07, 6.45) is 5.78. The average molecular weight is 257 g/mol. The maximum absolute atomic E-state index is 3.71. The molecule has 0 unspecified atom stereocenters. The summed E-state index contributed by atoms with van der Waals surface area (Å²) in [5, 5.41) is 3.71. The lowest BCUT2D eigenvalue weighted by Gasteiger charge is -2.50. The zero-order chi connectivity index (χ0) is 13.5. The van der Waals surface area contributed by atoms with E-state index in [9.17, 15) is 0 Å². The van der Waals surface area contributed by atoms with Crippen LogP contribution >= 0.6 is 0 Å². The number of nitrogens with one attached hydrogen (secondary N) is 1. The Morgan fingerprint density at radius 1 is 1.21 bits per heavy atom. The van der Waals surface area contributed by atoms with E-state index in [1.807, 2.05) is 0 Å². The van der Waals surface area contributed by atoms with Gasteiger partial charge in [0, 0.05) is 12.0 Å². The number of benzene rings is 1. The van der Waals surface area contributed by atoms with Gasteiger partial charge >= 0.3 is 0 Å². The topological polar surface area (TPSA) is 12.0 Å². The van der Waals surface area contributed by atoms with E-state index in [4.69, 9.17) is 0 Å². The molecule has 1 spiro atoms. The molecule has 0 radical (unpaired) electrons. The fourth-order valence-electron chi connectivity index (χ4n) is 3.92. The maximum Gasteiger partial charge on any atom is 0.00884 e. The molecule has 2 fully saturated rings. The zero-order valence-corrected chi connectivity index (χ0v) is 12.6. The molecule has 0 saturated heterocycles. The number of rotatable bonds is 5. The third kappa shape index (κ3) is 2.58. The Morgan fingerprint density at radius 3 is 2.53 bits per heavy atom. The van der Waals surface area contributed by atoms with Crippen LogP contribution in [0.15, 0.2) is 24.3 Å². The van der Waals surface area contributed by atoms with Gasteiger partial charge in [-0.25, -0.2) is 0 Å². The number of hydrogen-bond acceptors (Lipinski definition) is 1. The van der Waals surface area contributed by atoms with Gasteiger partial charge in [-0.05, 0) is 56.0 Å². The molecule has 104 valence electrons. The molecule has 1 heteroatoms. The first-order valence-electron chi connectivity index (χ1n) is 7.82. The van der Waals surface area contributed by atoms with Crippen LogP contribution < -0.4 is 5.32 Å². The summed E-state index contributed by atoms with van der Waals surface area (Å²) in [6.45, 7) is 9.09. The summed E-state index contributed by atoms with van der Waals surface area (Å²) >= 11 is 0. The summed E-state index contributed by atoms with van der Waals surface area (Å²) < 4.78 is 0. The fourth-order valence-corrected chi connectivity index (χ4v) is 3.92. The van der Waals surface area contributed by atoms with Crippen molar-refractivity contribution in [3.63, 3.8) is 0 Å². The van der Waals surface area contributed by atoms with Gasteiger partial charge in [-0.2, -0.15) is 0 Å². The highest BCUT2D eigenvalue weighted by Gasteiger charge is 2.60. The van der Waals surface area contributed by atoms with Crippen LogP contribution in [-0.4, -0.2) is 13.1 Å². The van der Waals surface area contributed by atoms with Crippen LogP contribution in [0, 0.1) is 18.3 Å². The second kappa shape index (κ2) is 4.63. The minimum Gasteiger partial charge on any atom is -0.316 e. The fraction of sp³-hybridized carbons (Fsp3) is 0.667. The number of hydrogen-bond donors (Lipinski definition) is 1. The molecule has 3 rings (SSSR count). The lowest BCUT2D eigenvalue weighted by molar-refractivity contribution is 0.115. The Hall–Kier alpha value is -0.820. The van der Waals surface area contributed by atoms with Crippen LogP contribution in [0.25, 0.3) is 0 Å². The predicted molar refractivity (Wildman–Crippen MR) is 81.5 cm³/mol. The van der Waals surface area contributed by atoms with E-state index in [-0.39, 0.29) is 0 Å². The van der Waals surface area contributed by atoms with Crippen LogP contribution in [0.4, 0.5) is 0 Å². The average Bonchev–Trinajstić information content (AvgIpc) is 3.07. The molecule has 2 aliphatic carbocycles. The molecule has 2 aliphatic rings. The normalized spacial score (nSPS) is 22.5. The van der Waals surface area contributed by atoms with Crippen LogP contribution in [0.5, 0.6) is 0 Å². The summed E-state index contributed by atoms with van der Waals surface area (Å²) in [5.41, 5.74) is 4.15. The lowest BCUT2D eigenvalue weighted by Crippen LogP contribution is -2.50. The SMILES string of the molecule is Cc1cccc(C2(CNCC(C)C)CC3(CC3)C2)c1. The van der Waals surface area contributed by atoms with E-state index in [1.54, 1.807) is 5.56 Å². The van der Waals surface area contributed by atoms with Crippen molar-refractivity contribution in [1.29, 1.82) is 0 Å². The molecule has 1 aromatic rings. The van der Waals surface area contributed by atoms with Crippen molar-refractivity contribution in [3.05, 3.63) is 35.4 Å². The van der Waals surface area contributed by atoms with E-state index in [2.05, 4.69) is 50.4 Å². The molecule has 0 bridgehead atoms. The lowest BCUT2D eigenvalue weighted by atomic mass is 9.56. The molecule has 0 aromatic heterocycles. The van der Waals surface area contributed by atoms with Crippen molar-refractivity contribution in [2.24, 2.45) is 11.3 Å². The van der Waals surface area contributed by atoms with Crippen LogP contribution in [-0.2, 0) is 5.41 Å². The van der Waals surface area contributed by atoms with Gasteiger partial charge in [0.15, 0.2) is 0 Å². The van der Waals surface area contributed by atoms with Gasteiger partial charge in [-0.1, -0.05) is 43.7 Å². The highest BCUT2D eigenvalue weighted by atomic mass is 14.9. The van der Waals surface area contributed by atoms with Crippen molar-refractivity contribution < 1.29 is 0 Å². The molecule has 1 N–H and O–H groups in total. The number of aryl methyl sites for hydroxylation is 1. The van der Waals surface area contributed by atoms with Gasteiger partial charge in [-0.15, -0.1) is 0 Å². The quantitative estimate of drug-likeness (QED) is 0.839. The monoisotopic (exact) mass is 257 g/mol. The van der Waals surface area contributed by atoms with E-state index >= 15 is 0 Å². The first-order chi connectivity index (χ1) is 9.04. The Kier molecular flexibility index (Phi) is 3.21. The first kappa shape index (κ1) is 13.2. The minimum absolute atomic E-state index is 0.428. The third-order valence-corrected chi connectivity index (χ3v) is 5.03. The smallest absolute Gasteiger partial charge is 0.00884 e. The molecule has 0 atom stereocenters. The summed E-state index contributed by atoms with van der Waals surface area (Å²) in [5.74, 6) is 0.740. The van der Waals surface area contributed by atoms with Crippen molar-refractivity contribution in [1.82, 2.24) is 5.32 Å². The Balaban J connectivity index is 1.74. The van der Waals surface area contributed by atoms with Gasteiger partial charge in [0.1, 0.15) is 0 Å². The van der Waals surface area contributed by atoms with Crippen molar-refractivity contribution in [2.75, 3.05) is 13.1 Å². The summed E-state index contributed by atoms with van der Waals surface area (Å²) in [6, 6.07) is 9.20. The van der Waals surface area contributed by atoms with E-state index < -0.39 is 0 Å². The minimum atomic E-state index is 0.428. The van der Waals surface area contributed by atoms with Crippen LogP contribution in [0.2, 0.25) is 0 Å². The first-order valence-corrected chi connectivity index (χ1v) is 7.82. The highest BCUT2D eigenvalue weighted by molar-refractivity contribution is 5.36. The highest BCUT2D eigenvalue weighted by Crippen LogP contribution is 2.68. The molecule has 1 nitrogen and oxygen atoms in total. The largest absolute Gasteiger partial charge is 0.316 e. The van der Waals surface area contributed by atoms with Crippen LogP contribution in [0.3, 0.4) is 0 Å². The third-order valence-electron chi connectivity index (χ3n) is 5.03. The van der Waals surface area contributed by atoms with Gasteiger partial charge in [0.2, 0.25) is 0 Å². The van der Waals surface area contributed by atoms with Gasteiger partial charge in [-0.3, -0.25) is 0 Å². The van der Waals surface area contributed by atoms with E-state index in [0.717, 1.165) is 24.4 Å². The van der Waals surface area contributed by atoms with E-state index in [1.165, 1.54) is 31.2 Å². The van der Waals surface area contributed by atoms with Gasteiger partial charge < -0.3 is 5.32 Å². The molecular formula is C18H27N. The zero-order valence-electron chi connectivity index (χ0n) is 12.6. The maximum atomic E-state index is 3.71. The van der Waals surface area contributed by atoms with Gasteiger partial charge in [0.05, 0.1) is 0 Å². The Morgan fingerprint density at radius 2 is 1.95 bits per heavy atom. The predicted octanol–water partition coefficient (Wildman–Crippen LogP) is 4.05.